The fourth-order valence-corrected chi connectivity index (χ4v) is 1.62. The minimum Gasteiger partial charge on any atom is -0.395 e. The Bertz CT molecular complexity index is 301. The predicted molar refractivity (Wildman–Crippen MR) is 101 cm³/mol. The molecule has 0 aromatic carbocycles. The molecule has 0 aromatic rings. The highest BCUT2D eigenvalue weighted by molar-refractivity contribution is 5.83. The molecule has 0 spiro atoms. The van der Waals surface area contributed by atoms with Crippen molar-refractivity contribution in [3.8, 4) is 0 Å². The van der Waals surface area contributed by atoms with Gasteiger partial charge in [-0.15, -0.1) is 0 Å². The summed E-state index contributed by atoms with van der Waals surface area (Å²) in [6, 6.07) is 0.493. The summed E-state index contributed by atoms with van der Waals surface area (Å²) in [5.41, 5.74) is 0. The van der Waals surface area contributed by atoms with Gasteiger partial charge in [0.05, 0.1) is 6.61 Å². The lowest BCUT2D eigenvalue weighted by atomic mass is 10.1. The molecule has 1 fully saturated rings. The van der Waals surface area contributed by atoms with Crippen LogP contribution in [0.25, 0.3) is 0 Å². The Balaban J connectivity index is 0. The first-order valence-corrected chi connectivity index (χ1v) is 8.33. The third-order valence-corrected chi connectivity index (χ3v) is 3.02. The highest BCUT2D eigenvalue weighted by atomic mass is 16.5. The molecular weight excluding hydrogens is 292 g/mol. The third-order valence-electron chi connectivity index (χ3n) is 3.02. The quantitative estimate of drug-likeness (QED) is 0.555. The van der Waals surface area contributed by atoms with Gasteiger partial charge in [0.15, 0.2) is 0 Å². The number of hydrogen-bond acceptors (Lipinski definition) is 5. The molecule has 6 nitrogen and oxygen atoms in total. The van der Waals surface area contributed by atoms with Crippen LogP contribution < -0.4 is 5.32 Å². The smallest absolute Gasteiger partial charge is 0.119 e. The number of nitrogens with one attached hydrogen (secondary N) is 1. The zero-order valence-corrected chi connectivity index (χ0v) is 15.4. The van der Waals surface area contributed by atoms with E-state index < -0.39 is 0 Å². The summed E-state index contributed by atoms with van der Waals surface area (Å²) in [6.45, 7) is 19.0. The van der Waals surface area contributed by atoms with Gasteiger partial charge in [-0.25, -0.2) is 4.99 Å². The van der Waals surface area contributed by atoms with Gasteiger partial charge in [-0.1, -0.05) is 13.8 Å². The van der Waals surface area contributed by atoms with Crippen LogP contribution in [0.4, 0.5) is 0 Å². The Kier molecular flexibility index (Phi) is 19.9. The number of amidine groups is 1. The summed E-state index contributed by atoms with van der Waals surface area (Å²) in [5.74, 6) is 1.50. The maximum atomic E-state index is 8.25. The van der Waals surface area contributed by atoms with E-state index in [4.69, 9.17) is 9.84 Å². The monoisotopic (exact) mass is 328 g/mol. The van der Waals surface area contributed by atoms with E-state index >= 15 is 0 Å². The van der Waals surface area contributed by atoms with Crippen LogP contribution in [0.1, 0.15) is 40.5 Å². The number of aliphatic imine (C=N–C) groups is 3. The molecule has 1 heterocycles. The zero-order chi connectivity index (χ0) is 17.9. The van der Waals surface area contributed by atoms with E-state index in [0.29, 0.717) is 18.5 Å². The minimum absolute atomic E-state index is 0.234. The van der Waals surface area contributed by atoms with Gasteiger partial charge < -0.3 is 20.2 Å². The fourth-order valence-electron chi connectivity index (χ4n) is 1.62. The number of nitrogens with zero attached hydrogens (tertiary/aromatic N) is 3. The van der Waals surface area contributed by atoms with Gasteiger partial charge >= 0.3 is 0 Å². The van der Waals surface area contributed by atoms with Crippen molar-refractivity contribution in [1.82, 2.24) is 5.32 Å². The number of aliphatic hydroxyl groups excluding tert-OH is 1. The second-order valence-electron chi connectivity index (χ2n) is 5.48. The molecule has 6 heteroatoms. The van der Waals surface area contributed by atoms with Gasteiger partial charge in [0, 0.05) is 38.9 Å². The van der Waals surface area contributed by atoms with Crippen molar-refractivity contribution in [3.63, 3.8) is 0 Å². The van der Waals surface area contributed by atoms with Gasteiger partial charge in [-0.3, -0.25) is 4.99 Å². The van der Waals surface area contributed by atoms with E-state index in [0.717, 1.165) is 38.6 Å². The van der Waals surface area contributed by atoms with Gasteiger partial charge in [0.1, 0.15) is 5.84 Å². The molecule has 0 bridgehead atoms. The van der Waals surface area contributed by atoms with E-state index in [1.165, 1.54) is 6.42 Å². The lowest BCUT2D eigenvalue weighted by Crippen LogP contribution is -2.25. The molecule has 1 atom stereocenters. The summed E-state index contributed by atoms with van der Waals surface area (Å²) in [7, 11) is 0. The second-order valence-corrected chi connectivity index (χ2v) is 5.48. The fraction of sp³-hybridized carbons (Fsp3) is 0.824. The first-order valence-electron chi connectivity index (χ1n) is 8.33. The Morgan fingerprint density at radius 3 is 2.39 bits per heavy atom. The third kappa shape index (κ3) is 20.9. The van der Waals surface area contributed by atoms with Crippen LogP contribution in [0.5, 0.6) is 0 Å². The molecule has 2 N–H and O–H groups in total. The van der Waals surface area contributed by atoms with E-state index in [2.05, 4.69) is 47.6 Å². The SMILES string of the molecule is C=NC(C)=NCCC1CCOC1.C=NCC.CC(C)NCCO. The Morgan fingerprint density at radius 1 is 1.39 bits per heavy atom. The maximum absolute atomic E-state index is 8.25. The second kappa shape index (κ2) is 18.9. The van der Waals surface area contributed by atoms with Gasteiger partial charge in [0.2, 0.25) is 0 Å². The van der Waals surface area contributed by atoms with Crippen LogP contribution in [0.3, 0.4) is 0 Å². The lowest BCUT2D eigenvalue weighted by molar-refractivity contribution is 0.184. The number of ether oxygens (including phenoxy) is 1. The van der Waals surface area contributed by atoms with Crippen LogP contribution in [-0.2, 0) is 4.74 Å². The lowest BCUT2D eigenvalue weighted by Gasteiger charge is -2.03. The summed E-state index contributed by atoms with van der Waals surface area (Å²) < 4.78 is 5.26. The van der Waals surface area contributed by atoms with Crippen LogP contribution >= 0.6 is 0 Å². The van der Waals surface area contributed by atoms with E-state index in [-0.39, 0.29) is 6.61 Å². The van der Waals surface area contributed by atoms with Gasteiger partial charge in [-0.2, -0.15) is 0 Å². The molecule has 1 unspecified atom stereocenters. The summed E-state index contributed by atoms with van der Waals surface area (Å²) in [4.78, 5) is 11.4. The topological polar surface area (TPSA) is 78.6 Å². The number of rotatable bonds is 7. The molecule has 0 radical (unpaired) electrons. The van der Waals surface area contributed by atoms with Crippen molar-refractivity contribution in [1.29, 1.82) is 0 Å². The molecule has 1 rings (SSSR count). The number of hydrogen-bond donors (Lipinski definition) is 2. The van der Waals surface area contributed by atoms with Crippen molar-refractivity contribution >= 4 is 19.3 Å². The van der Waals surface area contributed by atoms with Crippen molar-refractivity contribution in [2.45, 2.75) is 46.6 Å². The molecule has 0 aliphatic carbocycles. The first kappa shape index (κ1) is 24.1. The molecule has 23 heavy (non-hydrogen) atoms. The van der Waals surface area contributed by atoms with Crippen molar-refractivity contribution < 1.29 is 9.84 Å². The van der Waals surface area contributed by atoms with Crippen molar-refractivity contribution in [2.24, 2.45) is 20.9 Å². The maximum Gasteiger partial charge on any atom is 0.119 e. The zero-order valence-electron chi connectivity index (χ0n) is 15.4. The van der Waals surface area contributed by atoms with Crippen LogP contribution in [-0.4, -0.2) is 69.9 Å². The van der Waals surface area contributed by atoms with Crippen molar-refractivity contribution in [3.05, 3.63) is 0 Å². The van der Waals surface area contributed by atoms with Crippen LogP contribution in [0, 0.1) is 5.92 Å². The van der Waals surface area contributed by atoms with Crippen LogP contribution in [0.15, 0.2) is 15.0 Å². The Morgan fingerprint density at radius 2 is 2.04 bits per heavy atom. The largest absolute Gasteiger partial charge is 0.395 e. The highest BCUT2D eigenvalue weighted by Gasteiger charge is 2.14. The van der Waals surface area contributed by atoms with Crippen LogP contribution in [0.2, 0.25) is 0 Å². The van der Waals surface area contributed by atoms with E-state index in [1.807, 2.05) is 13.8 Å². The number of aliphatic hydroxyl groups is 1. The highest BCUT2D eigenvalue weighted by Crippen LogP contribution is 2.15. The molecule has 0 amide bonds. The molecule has 0 saturated carbocycles. The molecular formula is C17H36N4O2. The van der Waals surface area contributed by atoms with Gasteiger partial charge in [0.25, 0.3) is 0 Å². The summed E-state index contributed by atoms with van der Waals surface area (Å²) >= 11 is 0. The molecule has 0 aromatic heterocycles. The minimum atomic E-state index is 0.234. The summed E-state index contributed by atoms with van der Waals surface area (Å²) in [6.07, 6.45) is 2.31. The van der Waals surface area contributed by atoms with Crippen molar-refractivity contribution in [2.75, 3.05) is 39.5 Å². The normalized spacial score (nSPS) is 17.0. The predicted octanol–water partition coefficient (Wildman–Crippen LogP) is 2.22. The molecule has 1 aliphatic heterocycles. The summed E-state index contributed by atoms with van der Waals surface area (Å²) in [5, 5.41) is 11.3. The standard InChI is InChI=1S/C9H16N2O.C5H13NO.C3H7N/c1-8(10-2)11-5-3-9-4-6-12-7-9;1-5(2)6-3-4-7;1-3-4-2/h9H,2-7H2,1H3;5-7H,3-4H2,1-2H3;2-3H2,1H3. The van der Waals surface area contributed by atoms with Gasteiger partial charge in [-0.05, 0) is 46.0 Å². The Labute approximate surface area is 142 Å². The molecule has 136 valence electrons. The average molecular weight is 329 g/mol. The molecule has 1 saturated heterocycles. The average Bonchev–Trinajstić information content (AvgIpc) is 3.06. The molecule has 1 aliphatic rings. The van der Waals surface area contributed by atoms with E-state index in [9.17, 15) is 0 Å². The Hall–Kier alpha value is -1.11. The first-order chi connectivity index (χ1) is 11.0. The van der Waals surface area contributed by atoms with E-state index in [1.54, 1.807) is 0 Å².